The standard InChI is InChI=1S/C18H10ClFN2OS/c19-16-12-7-6-11(20)9-14(12)24-17(16)18(23)22-15-8-5-10-3-1-2-4-13(10)21-15/h1-9H,(H,21,22,23). The van der Waals surface area contributed by atoms with Gasteiger partial charge in [-0.05, 0) is 36.4 Å². The lowest BCUT2D eigenvalue weighted by atomic mass is 10.2. The number of carbonyl (C=O) groups excluding carboxylic acids is 1. The Kier molecular flexibility index (Phi) is 3.67. The van der Waals surface area contributed by atoms with E-state index in [2.05, 4.69) is 10.3 Å². The maximum atomic E-state index is 13.3. The molecule has 2 aromatic heterocycles. The van der Waals surface area contributed by atoms with E-state index in [4.69, 9.17) is 11.6 Å². The molecule has 0 spiro atoms. The molecule has 0 aliphatic rings. The van der Waals surface area contributed by atoms with Gasteiger partial charge in [0.05, 0.1) is 10.5 Å². The van der Waals surface area contributed by atoms with Crippen LogP contribution in [-0.2, 0) is 0 Å². The summed E-state index contributed by atoms with van der Waals surface area (Å²) in [7, 11) is 0. The van der Waals surface area contributed by atoms with E-state index >= 15 is 0 Å². The average Bonchev–Trinajstić information content (AvgIpc) is 2.91. The molecule has 4 aromatic rings. The zero-order valence-electron chi connectivity index (χ0n) is 12.2. The quantitative estimate of drug-likeness (QED) is 0.515. The first-order chi connectivity index (χ1) is 11.6. The Bertz CT molecular complexity index is 1090. The largest absolute Gasteiger partial charge is 0.306 e. The van der Waals surface area contributed by atoms with Crippen LogP contribution < -0.4 is 5.32 Å². The highest BCUT2D eigenvalue weighted by Gasteiger charge is 2.18. The van der Waals surface area contributed by atoms with Gasteiger partial charge < -0.3 is 5.32 Å². The van der Waals surface area contributed by atoms with Gasteiger partial charge in [0.1, 0.15) is 16.5 Å². The summed E-state index contributed by atoms with van der Waals surface area (Å²) >= 11 is 7.43. The molecule has 0 saturated carbocycles. The van der Waals surface area contributed by atoms with Gasteiger partial charge in [0.25, 0.3) is 5.91 Å². The van der Waals surface area contributed by atoms with Crippen molar-refractivity contribution in [2.75, 3.05) is 5.32 Å². The minimum absolute atomic E-state index is 0.327. The van der Waals surface area contributed by atoms with E-state index in [-0.39, 0.29) is 11.7 Å². The summed E-state index contributed by atoms with van der Waals surface area (Å²) < 4.78 is 14.0. The molecule has 0 saturated heterocycles. The van der Waals surface area contributed by atoms with Crippen LogP contribution in [0.4, 0.5) is 10.2 Å². The molecule has 118 valence electrons. The second kappa shape index (κ2) is 5.85. The van der Waals surface area contributed by atoms with E-state index in [1.54, 1.807) is 12.1 Å². The smallest absolute Gasteiger partial charge is 0.268 e. The third kappa shape index (κ3) is 2.62. The molecule has 0 radical (unpaired) electrons. The maximum absolute atomic E-state index is 13.3. The van der Waals surface area contributed by atoms with Crippen LogP contribution in [-0.4, -0.2) is 10.9 Å². The van der Waals surface area contributed by atoms with Gasteiger partial charge in [-0.15, -0.1) is 11.3 Å². The highest BCUT2D eigenvalue weighted by Crippen LogP contribution is 2.36. The molecular weight excluding hydrogens is 347 g/mol. The third-order valence-electron chi connectivity index (χ3n) is 3.64. The number of amides is 1. The van der Waals surface area contributed by atoms with Gasteiger partial charge in [-0.1, -0.05) is 29.8 Å². The van der Waals surface area contributed by atoms with E-state index in [9.17, 15) is 9.18 Å². The van der Waals surface area contributed by atoms with Crippen LogP contribution in [0.3, 0.4) is 0 Å². The summed E-state index contributed by atoms with van der Waals surface area (Å²) in [4.78, 5) is 17.3. The third-order valence-corrected chi connectivity index (χ3v) is 5.29. The normalized spacial score (nSPS) is 11.1. The summed E-state index contributed by atoms with van der Waals surface area (Å²) in [6.45, 7) is 0. The summed E-state index contributed by atoms with van der Waals surface area (Å²) in [5, 5.41) is 4.73. The molecule has 4 rings (SSSR count). The van der Waals surface area contributed by atoms with E-state index in [0.29, 0.717) is 25.8 Å². The van der Waals surface area contributed by atoms with Crippen molar-refractivity contribution in [3.63, 3.8) is 0 Å². The number of carbonyl (C=O) groups is 1. The van der Waals surface area contributed by atoms with Gasteiger partial charge >= 0.3 is 0 Å². The lowest BCUT2D eigenvalue weighted by Crippen LogP contribution is -2.11. The van der Waals surface area contributed by atoms with Crippen molar-refractivity contribution in [2.24, 2.45) is 0 Å². The minimum Gasteiger partial charge on any atom is -0.306 e. The Hall–Kier alpha value is -2.50. The number of aromatic nitrogens is 1. The minimum atomic E-state index is -0.358. The molecule has 0 atom stereocenters. The van der Waals surface area contributed by atoms with E-state index < -0.39 is 0 Å². The zero-order valence-corrected chi connectivity index (χ0v) is 13.8. The molecule has 3 nitrogen and oxygen atoms in total. The van der Waals surface area contributed by atoms with Gasteiger partial charge in [-0.25, -0.2) is 9.37 Å². The van der Waals surface area contributed by atoms with Crippen LogP contribution in [0.2, 0.25) is 5.02 Å². The van der Waals surface area contributed by atoms with Gasteiger partial charge in [0, 0.05) is 15.5 Å². The van der Waals surface area contributed by atoms with Crippen molar-refractivity contribution in [3.05, 3.63) is 70.3 Å². The summed E-state index contributed by atoms with van der Waals surface area (Å²) in [5.74, 6) is -0.272. The molecule has 1 amide bonds. The fourth-order valence-electron chi connectivity index (χ4n) is 2.49. The molecule has 2 heterocycles. The van der Waals surface area contributed by atoms with Crippen molar-refractivity contribution < 1.29 is 9.18 Å². The Morgan fingerprint density at radius 2 is 1.96 bits per heavy atom. The second-order valence-electron chi connectivity index (χ2n) is 5.23. The van der Waals surface area contributed by atoms with E-state index in [1.165, 1.54) is 12.1 Å². The van der Waals surface area contributed by atoms with Gasteiger partial charge in [0.15, 0.2) is 0 Å². The number of thiophene rings is 1. The highest BCUT2D eigenvalue weighted by molar-refractivity contribution is 7.21. The molecule has 0 aliphatic carbocycles. The first-order valence-corrected chi connectivity index (χ1v) is 8.36. The van der Waals surface area contributed by atoms with Crippen LogP contribution in [0.25, 0.3) is 21.0 Å². The predicted molar refractivity (Wildman–Crippen MR) is 96.5 cm³/mol. The molecule has 2 aromatic carbocycles. The van der Waals surface area contributed by atoms with Crippen molar-refractivity contribution in [1.29, 1.82) is 0 Å². The fraction of sp³-hybridized carbons (Fsp3) is 0. The predicted octanol–water partition coefficient (Wildman–Crippen LogP) is 5.49. The van der Waals surface area contributed by atoms with Crippen LogP contribution >= 0.6 is 22.9 Å². The summed E-state index contributed by atoms with van der Waals surface area (Å²) in [6.07, 6.45) is 0. The number of benzene rings is 2. The molecule has 0 bridgehead atoms. The van der Waals surface area contributed by atoms with Crippen molar-refractivity contribution in [3.8, 4) is 0 Å². The van der Waals surface area contributed by atoms with Crippen LogP contribution in [0.1, 0.15) is 9.67 Å². The fourth-order valence-corrected chi connectivity index (χ4v) is 3.93. The number of nitrogens with zero attached hydrogens (tertiary/aromatic N) is 1. The topological polar surface area (TPSA) is 42.0 Å². The Labute approximate surface area is 145 Å². The number of hydrogen-bond donors (Lipinski definition) is 1. The van der Waals surface area contributed by atoms with Gasteiger partial charge in [0.2, 0.25) is 0 Å². The maximum Gasteiger partial charge on any atom is 0.268 e. The molecular formula is C18H10ClFN2OS. The zero-order chi connectivity index (χ0) is 16.7. The number of rotatable bonds is 2. The SMILES string of the molecule is O=C(Nc1ccc2ccccc2n1)c1sc2cc(F)ccc2c1Cl. The number of anilines is 1. The summed E-state index contributed by atoms with van der Waals surface area (Å²) in [5.41, 5.74) is 0.791. The molecule has 0 unspecified atom stereocenters. The Morgan fingerprint density at radius 1 is 1.12 bits per heavy atom. The van der Waals surface area contributed by atoms with Crippen LogP contribution in [0.15, 0.2) is 54.6 Å². The Morgan fingerprint density at radius 3 is 2.83 bits per heavy atom. The van der Waals surface area contributed by atoms with Gasteiger partial charge in [-0.2, -0.15) is 0 Å². The number of hydrogen-bond acceptors (Lipinski definition) is 3. The lowest BCUT2D eigenvalue weighted by Gasteiger charge is -2.04. The second-order valence-corrected chi connectivity index (χ2v) is 6.66. The monoisotopic (exact) mass is 356 g/mol. The molecule has 1 N–H and O–H groups in total. The molecule has 6 heteroatoms. The molecule has 24 heavy (non-hydrogen) atoms. The average molecular weight is 357 g/mol. The highest BCUT2D eigenvalue weighted by atomic mass is 35.5. The number of pyridine rings is 1. The van der Waals surface area contributed by atoms with E-state index in [0.717, 1.165) is 22.2 Å². The number of para-hydroxylation sites is 1. The molecule has 0 fully saturated rings. The Balaban J connectivity index is 1.69. The molecule has 0 aliphatic heterocycles. The van der Waals surface area contributed by atoms with Crippen LogP contribution in [0, 0.1) is 5.82 Å². The lowest BCUT2D eigenvalue weighted by molar-refractivity contribution is 0.103. The first kappa shape index (κ1) is 15.1. The van der Waals surface area contributed by atoms with Crippen molar-refractivity contribution in [1.82, 2.24) is 4.98 Å². The van der Waals surface area contributed by atoms with Crippen molar-refractivity contribution in [2.45, 2.75) is 0 Å². The number of nitrogens with one attached hydrogen (secondary N) is 1. The number of halogens is 2. The first-order valence-electron chi connectivity index (χ1n) is 7.16. The number of fused-ring (bicyclic) bond motifs is 2. The summed E-state index contributed by atoms with van der Waals surface area (Å²) in [6, 6.07) is 15.5. The van der Waals surface area contributed by atoms with Crippen molar-refractivity contribution >= 4 is 55.7 Å². The van der Waals surface area contributed by atoms with E-state index in [1.807, 2.05) is 30.3 Å². The van der Waals surface area contributed by atoms with Gasteiger partial charge in [-0.3, -0.25) is 4.79 Å². The van der Waals surface area contributed by atoms with Crippen LogP contribution in [0.5, 0.6) is 0 Å².